The summed E-state index contributed by atoms with van der Waals surface area (Å²) in [4.78, 5) is 15.0. The number of H-pyrrole nitrogens is 1. The van der Waals surface area contributed by atoms with E-state index in [1.165, 1.54) is 10.9 Å². The number of carbonyl (C=O) groups excluding carboxylic acids is 1. The zero-order chi connectivity index (χ0) is 18.5. The first-order chi connectivity index (χ1) is 12.6. The molecule has 0 saturated carbocycles. The molecule has 3 aromatic rings. The molecular formula is C19H18F3N3O. The van der Waals surface area contributed by atoms with E-state index < -0.39 is 23.4 Å². The Balaban J connectivity index is 1.42. The van der Waals surface area contributed by atoms with E-state index >= 15 is 0 Å². The molecule has 0 aliphatic carbocycles. The van der Waals surface area contributed by atoms with E-state index in [4.69, 9.17) is 0 Å². The van der Waals surface area contributed by atoms with Crippen LogP contribution in [-0.2, 0) is 11.2 Å². The topological polar surface area (TPSA) is 56.9 Å². The lowest BCUT2D eigenvalue weighted by Gasteiger charge is -2.08. The molecule has 3 rings (SSSR count). The molecule has 0 saturated heterocycles. The fraction of sp³-hybridized carbons (Fsp3) is 0.211. The van der Waals surface area contributed by atoms with Gasteiger partial charge in [0.15, 0.2) is 17.5 Å². The van der Waals surface area contributed by atoms with Gasteiger partial charge in [-0.15, -0.1) is 0 Å². The highest BCUT2D eigenvalue weighted by atomic mass is 19.2. The minimum Gasteiger partial charge on any atom is -0.361 e. The molecule has 0 fully saturated rings. The Morgan fingerprint density at radius 2 is 1.81 bits per heavy atom. The third-order valence-corrected chi connectivity index (χ3v) is 4.08. The Hall–Kier alpha value is -2.80. The van der Waals surface area contributed by atoms with Crippen molar-refractivity contribution < 1.29 is 18.0 Å². The summed E-state index contributed by atoms with van der Waals surface area (Å²) in [6.07, 6.45) is 2.85. The molecule has 1 amide bonds. The lowest BCUT2D eigenvalue weighted by molar-refractivity contribution is -0.116. The average molecular weight is 361 g/mol. The van der Waals surface area contributed by atoms with Crippen LogP contribution in [0, 0.1) is 17.5 Å². The number of aromatic amines is 1. The second-order valence-corrected chi connectivity index (χ2v) is 5.88. The van der Waals surface area contributed by atoms with Gasteiger partial charge in [-0.3, -0.25) is 4.79 Å². The van der Waals surface area contributed by atoms with Crippen molar-refractivity contribution >= 4 is 22.5 Å². The van der Waals surface area contributed by atoms with Crippen LogP contribution in [0.2, 0.25) is 0 Å². The molecule has 0 aliphatic heterocycles. The minimum absolute atomic E-state index is 0.0896. The molecule has 0 bridgehead atoms. The standard InChI is InChI=1S/C19H18F3N3O/c20-14-5-6-16(19(22)18(14)21)25-17(26)8-10-23-9-7-12-11-24-15-4-2-1-3-13(12)15/h1-6,11,23-24H,7-10H2,(H,25,26). The van der Waals surface area contributed by atoms with E-state index in [1.807, 2.05) is 30.5 Å². The summed E-state index contributed by atoms with van der Waals surface area (Å²) in [6.45, 7) is 1.06. The number of aromatic nitrogens is 1. The zero-order valence-corrected chi connectivity index (χ0v) is 13.9. The first-order valence-electron chi connectivity index (χ1n) is 8.25. The Morgan fingerprint density at radius 1 is 1.00 bits per heavy atom. The van der Waals surface area contributed by atoms with E-state index in [0.717, 1.165) is 24.1 Å². The van der Waals surface area contributed by atoms with Gasteiger partial charge >= 0.3 is 0 Å². The van der Waals surface area contributed by atoms with Gasteiger partial charge in [0, 0.05) is 30.1 Å². The van der Waals surface area contributed by atoms with Crippen LogP contribution in [0.5, 0.6) is 0 Å². The highest BCUT2D eigenvalue weighted by molar-refractivity contribution is 5.91. The molecule has 26 heavy (non-hydrogen) atoms. The van der Waals surface area contributed by atoms with Gasteiger partial charge in [-0.2, -0.15) is 0 Å². The molecule has 0 atom stereocenters. The molecule has 1 aromatic heterocycles. The van der Waals surface area contributed by atoms with Crippen molar-refractivity contribution in [3.8, 4) is 0 Å². The number of rotatable bonds is 7. The average Bonchev–Trinajstić information content (AvgIpc) is 3.05. The summed E-state index contributed by atoms with van der Waals surface area (Å²) in [5, 5.41) is 6.55. The number of para-hydroxylation sites is 1. The smallest absolute Gasteiger partial charge is 0.225 e. The van der Waals surface area contributed by atoms with Gasteiger partial charge in [-0.05, 0) is 36.7 Å². The molecule has 0 unspecified atom stereocenters. The summed E-state index contributed by atoms with van der Waals surface area (Å²) in [7, 11) is 0. The van der Waals surface area contributed by atoms with Gasteiger partial charge in [0.05, 0.1) is 5.69 Å². The molecule has 1 heterocycles. The number of carbonyl (C=O) groups is 1. The lowest BCUT2D eigenvalue weighted by atomic mass is 10.1. The van der Waals surface area contributed by atoms with Crippen LogP contribution >= 0.6 is 0 Å². The van der Waals surface area contributed by atoms with Gasteiger partial charge in [-0.1, -0.05) is 18.2 Å². The summed E-state index contributed by atoms with van der Waals surface area (Å²) in [5.41, 5.74) is 1.89. The molecule has 4 nitrogen and oxygen atoms in total. The van der Waals surface area contributed by atoms with Gasteiger partial charge in [-0.25, -0.2) is 13.2 Å². The van der Waals surface area contributed by atoms with Crippen molar-refractivity contribution in [2.75, 3.05) is 18.4 Å². The maximum atomic E-state index is 13.5. The monoisotopic (exact) mass is 361 g/mol. The van der Waals surface area contributed by atoms with Crippen LogP contribution in [0.15, 0.2) is 42.6 Å². The number of hydrogen-bond acceptors (Lipinski definition) is 2. The predicted molar refractivity (Wildman–Crippen MR) is 94.4 cm³/mol. The largest absolute Gasteiger partial charge is 0.361 e. The Morgan fingerprint density at radius 3 is 2.65 bits per heavy atom. The van der Waals surface area contributed by atoms with Crippen molar-refractivity contribution in [1.82, 2.24) is 10.3 Å². The second kappa shape index (κ2) is 8.05. The van der Waals surface area contributed by atoms with E-state index in [0.29, 0.717) is 13.1 Å². The first-order valence-corrected chi connectivity index (χ1v) is 8.25. The number of fused-ring (bicyclic) bond motifs is 1. The van der Waals surface area contributed by atoms with Crippen molar-refractivity contribution in [1.29, 1.82) is 0 Å². The summed E-state index contributed by atoms with van der Waals surface area (Å²) in [5.74, 6) is -4.76. The summed E-state index contributed by atoms with van der Waals surface area (Å²) >= 11 is 0. The highest BCUT2D eigenvalue weighted by Gasteiger charge is 2.14. The fourth-order valence-corrected chi connectivity index (χ4v) is 2.72. The molecular weight excluding hydrogens is 343 g/mol. The van der Waals surface area contributed by atoms with Gasteiger partial charge in [0.2, 0.25) is 5.91 Å². The first kappa shape index (κ1) is 18.0. The Kier molecular flexibility index (Phi) is 5.58. The van der Waals surface area contributed by atoms with Crippen LogP contribution in [0.3, 0.4) is 0 Å². The highest BCUT2D eigenvalue weighted by Crippen LogP contribution is 2.20. The number of amides is 1. The molecule has 0 spiro atoms. The second-order valence-electron chi connectivity index (χ2n) is 5.88. The molecule has 0 aliphatic rings. The van der Waals surface area contributed by atoms with Crippen LogP contribution in [-0.4, -0.2) is 24.0 Å². The minimum atomic E-state index is -1.60. The maximum absolute atomic E-state index is 13.5. The normalized spacial score (nSPS) is 11.0. The Bertz CT molecular complexity index is 924. The lowest BCUT2D eigenvalue weighted by Crippen LogP contribution is -2.24. The van der Waals surface area contributed by atoms with Crippen molar-refractivity contribution in [2.24, 2.45) is 0 Å². The molecule has 0 radical (unpaired) electrons. The fourth-order valence-electron chi connectivity index (χ4n) is 2.72. The quantitative estimate of drug-likeness (QED) is 0.443. The van der Waals surface area contributed by atoms with Crippen LogP contribution < -0.4 is 10.6 Å². The third kappa shape index (κ3) is 4.05. The van der Waals surface area contributed by atoms with Gasteiger partial charge in [0.1, 0.15) is 0 Å². The van der Waals surface area contributed by atoms with E-state index in [1.54, 1.807) is 0 Å². The number of halogens is 3. The van der Waals surface area contributed by atoms with E-state index in [9.17, 15) is 18.0 Å². The molecule has 2 aromatic carbocycles. The van der Waals surface area contributed by atoms with Crippen LogP contribution in [0.1, 0.15) is 12.0 Å². The number of hydrogen-bond donors (Lipinski definition) is 3. The van der Waals surface area contributed by atoms with Crippen molar-refractivity contribution in [3.63, 3.8) is 0 Å². The predicted octanol–water partition coefficient (Wildman–Crippen LogP) is 3.75. The third-order valence-electron chi connectivity index (χ3n) is 4.08. The van der Waals surface area contributed by atoms with Crippen molar-refractivity contribution in [3.05, 3.63) is 65.6 Å². The Labute approximate surface area is 148 Å². The van der Waals surface area contributed by atoms with Crippen LogP contribution in [0.4, 0.5) is 18.9 Å². The zero-order valence-electron chi connectivity index (χ0n) is 13.9. The van der Waals surface area contributed by atoms with E-state index in [-0.39, 0.29) is 12.1 Å². The maximum Gasteiger partial charge on any atom is 0.225 e. The summed E-state index contributed by atoms with van der Waals surface area (Å²) in [6, 6.07) is 9.77. The molecule has 3 N–H and O–H groups in total. The number of benzene rings is 2. The van der Waals surface area contributed by atoms with Gasteiger partial charge in [0.25, 0.3) is 0 Å². The molecule has 136 valence electrons. The van der Waals surface area contributed by atoms with Crippen LogP contribution in [0.25, 0.3) is 10.9 Å². The van der Waals surface area contributed by atoms with Gasteiger partial charge < -0.3 is 15.6 Å². The van der Waals surface area contributed by atoms with E-state index in [2.05, 4.69) is 15.6 Å². The SMILES string of the molecule is O=C(CCNCCc1c[nH]c2ccccc12)Nc1ccc(F)c(F)c1F. The number of anilines is 1. The number of nitrogens with one attached hydrogen (secondary N) is 3. The summed E-state index contributed by atoms with van der Waals surface area (Å²) < 4.78 is 39.5. The molecule has 7 heteroatoms. The van der Waals surface area contributed by atoms with Crippen molar-refractivity contribution in [2.45, 2.75) is 12.8 Å².